The lowest BCUT2D eigenvalue weighted by atomic mass is 10.2. The lowest BCUT2D eigenvalue weighted by Crippen LogP contribution is -2.14. The molecule has 0 saturated carbocycles. The molecule has 2 aromatic heterocycles. The molecule has 0 aliphatic carbocycles. The molecule has 1 amide bonds. The molecule has 0 bridgehead atoms. The first-order chi connectivity index (χ1) is 12.0. The molecular formula is C17H14Cl2N4O2. The van der Waals surface area contributed by atoms with Crippen LogP contribution in [0.4, 0.5) is 11.6 Å². The van der Waals surface area contributed by atoms with Crippen molar-refractivity contribution in [2.24, 2.45) is 0 Å². The van der Waals surface area contributed by atoms with Gasteiger partial charge in [-0.15, -0.1) is 0 Å². The molecular weight excluding hydrogens is 363 g/mol. The molecule has 0 aliphatic rings. The summed E-state index contributed by atoms with van der Waals surface area (Å²) in [7, 11) is 0. The summed E-state index contributed by atoms with van der Waals surface area (Å²) >= 11 is 11.9. The predicted molar refractivity (Wildman–Crippen MR) is 97.2 cm³/mol. The Morgan fingerprint density at radius 1 is 1.16 bits per heavy atom. The van der Waals surface area contributed by atoms with E-state index in [2.05, 4.69) is 20.8 Å². The molecule has 2 N–H and O–H groups in total. The van der Waals surface area contributed by atoms with Gasteiger partial charge >= 0.3 is 0 Å². The SMILES string of the molecule is Cc1noc(NCc2ccncc2)c1C(=O)Nc1ccc(Cl)c(Cl)c1. The van der Waals surface area contributed by atoms with Crippen molar-refractivity contribution in [1.29, 1.82) is 0 Å². The molecule has 0 saturated heterocycles. The summed E-state index contributed by atoms with van der Waals surface area (Å²) in [6.07, 6.45) is 3.39. The van der Waals surface area contributed by atoms with Crippen LogP contribution in [0.1, 0.15) is 21.6 Å². The fourth-order valence-electron chi connectivity index (χ4n) is 2.21. The number of hydrogen-bond acceptors (Lipinski definition) is 5. The average molecular weight is 377 g/mol. The highest BCUT2D eigenvalue weighted by Gasteiger charge is 2.20. The van der Waals surface area contributed by atoms with E-state index < -0.39 is 0 Å². The van der Waals surface area contributed by atoms with Crippen molar-refractivity contribution in [3.8, 4) is 0 Å². The van der Waals surface area contributed by atoms with Gasteiger partial charge in [-0.25, -0.2) is 0 Å². The van der Waals surface area contributed by atoms with Crippen molar-refractivity contribution in [3.63, 3.8) is 0 Å². The lowest BCUT2D eigenvalue weighted by Gasteiger charge is -2.08. The van der Waals surface area contributed by atoms with Crippen LogP contribution in [0.2, 0.25) is 10.0 Å². The number of amides is 1. The second kappa shape index (κ2) is 7.55. The number of carbonyl (C=O) groups is 1. The lowest BCUT2D eigenvalue weighted by molar-refractivity contribution is 0.102. The van der Waals surface area contributed by atoms with Crippen molar-refractivity contribution in [1.82, 2.24) is 10.1 Å². The summed E-state index contributed by atoms with van der Waals surface area (Å²) in [5, 5.41) is 10.5. The normalized spacial score (nSPS) is 10.5. The topological polar surface area (TPSA) is 80.1 Å². The van der Waals surface area contributed by atoms with E-state index in [1.807, 2.05) is 12.1 Å². The Hall–Kier alpha value is -2.57. The zero-order valence-electron chi connectivity index (χ0n) is 13.2. The molecule has 6 nitrogen and oxygen atoms in total. The minimum atomic E-state index is -0.352. The molecule has 2 heterocycles. The fraction of sp³-hybridized carbons (Fsp3) is 0.118. The number of nitrogens with one attached hydrogen (secondary N) is 2. The molecule has 0 aliphatic heterocycles. The highest BCUT2D eigenvalue weighted by molar-refractivity contribution is 6.42. The molecule has 3 aromatic rings. The molecule has 1 aromatic carbocycles. The third-order valence-electron chi connectivity index (χ3n) is 3.47. The quantitative estimate of drug-likeness (QED) is 0.682. The number of halogens is 2. The van der Waals surface area contributed by atoms with Gasteiger partial charge in [-0.1, -0.05) is 28.4 Å². The summed E-state index contributed by atoms with van der Waals surface area (Å²) in [4.78, 5) is 16.5. The Bertz CT molecular complexity index is 897. The van der Waals surface area contributed by atoms with Crippen molar-refractivity contribution in [3.05, 3.63) is 69.6 Å². The molecule has 0 radical (unpaired) electrons. The van der Waals surface area contributed by atoms with Crippen LogP contribution < -0.4 is 10.6 Å². The molecule has 8 heteroatoms. The Morgan fingerprint density at radius 3 is 2.64 bits per heavy atom. The second-order valence-corrected chi connectivity index (χ2v) is 6.08. The Kier molecular flexibility index (Phi) is 5.21. The van der Waals surface area contributed by atoms with Gasteiger partial charge in [0.25, 0.3) is 5.91 Å². The number of aryl methyl sites for hydroxylation is 1. The molecule has 128 valence electrons. The number of nitrogens with zero attached hydrogens (tertiary/aromatic N) is 2. The highest BCUT2D eigenvalue weighted by atomic mass is 35.5. The van der Waals surface area contributed by atoms with Gasteiger partial charge in [0.1, 0.15) is 5.56 Å². The van der Waals surface area contributed by atoms with E-state index in [0.29, 0.717) is 39.4 Å². The van der Waals surface area contributed by atoms with E-state index in [0.717, 1.165) is 5.56 Å². The van der Waals surface area contributed by atoms with E-state index >= 15 is 0 Å². The van der Waals surface area contributed by atoms with Gasteiger partial charge in [0, 0.05) is 24.6 Å². The van der Waals surface area contributed by atoms with Crippen molar-refractivity contribution < 1.29 is 9.32 Å². The number of pyridine rings is 1. The molecule has 0 unspecified atom stereocenters. The third-order valence-corrected chi connectivity index (χ3v) is 4.21. The Morgan fingerprint density at radius 2 is 1.92 bits per heavy atom. The summed E-state index contributed by atoms with van der Waals surface area (Å²) in [6.45, 7) is 2.18. The Balaban J connectivity index is 1.76. The van der Waals surface area contributed by atoms with E-state index in [-0.39, 0.29) is 5.91 Å². The first kappa shape index (κ1) is 17.3. The molecule has 0 fully saturated rings. The maximum atomic E-state index is 12.6. The maximum absolute atomic E-state index is 12.6. The van der Waals surface area contributed by atoms with Gasteiger partial charge in [-0.3, -0.25) is 9.78 Å². The van der Waals surface area contributed by atoms with E-state index in [9.17, 15) is 4.79 Å². The first-order valence-electron chi connectivity index (χ1n) is 7.40. The second-order valence-electron chi connectivity index (χ2n) is 5.26. The predicted octanol–water partition coefficient (Wildman–Crippen LogP) is 4.55. The standard InChI is InChI=1S/C17H14Cl2N4O2/c1-10-15(16(24)22-12-2-3-13(18)14(19)8-12)17(25-23-10)21-9-11-4-6-20-7-5-11/h2-8,21H,9H2,1H3,(H,22,24). The molecule has 0 spiro atoms. The van der Waals surface area contributed by atoms with Crippen molar-refractivity contribution in [2.45, 2.75) is 13.5 Å². The number of aromatic nitrogens is 2. The zero-order valence-corrected chi connectivity index (χ0v) is 14.7. The van der Waals surface area contributed by atoms with Crippen LogP contribution in [0, 0.1) is 6.92 Å². The number of anilines is 2. The summed E-state index contributed by atoms with van der Waals surface area (Å²) in [6, 6.07) is 8.59. The largest absolute Gasteiger partial charge is 0.349 e. The number of carbonyl (C=O) groups excluding carboxylic acids is 1. The van der Waals surface area contributed by atoms with Gasteiger partial charge in [-0.05, 0) is 42.8 Å². The minimum absolute atomic E-state index is 0.298. The summed E-state index contributed by atoms with van der Waals surface area (Å²) in [5.74, 6) is -0.0544. The molecule has 3 rings (SSSR count). The Labute approximate surface area is 154 Å². The average Bonchev–Trinajstić information content (AvgIpc) is 2.98. The fourth-order valence-corrected chi connectivity index (χ4v) is 2.51. The smallest absolute Gasteiger partial charge is 0.263 e. The highest BCUT2D eigenvalue weighted by Crippen LogP contribution is 2.26. The summed E-state index contributed by atoms with van der Waals surface area (Å²) in [5.41, 5.74) is 2.34. The van der Waals surface area contributed by atoms with Gasteiger partial charge in [0.2, 0.25) is 5.88 Å². The van der Waals surface area contributed by atoms with E-state index in [1.54, 1.807) is 37.5 Å². The van der Waals surface area contributed by atoms with Gasteiger partial charge < -0.3 is 15.2 Å². The number of benzene rings is 1. The molecule has 25 heavy (non-hydrogen) atoms. The van der Waals surface area contributed by atoms with Crippen LogP contribution in [0.25, 0.3) is 0 Å². The first-order valence-corrected chi connectivity index (χ1v) is 8.15. The van der Waals surface area contributed by atoms with Crippen LogP contribution in [0.5, 0.6) is 0 Å². The minimum Gasteiger partial charge on any atom is -0.349 e. The van der Waals surface area contributed by atoms with Gasteiger partial charge in [-0.2, -0.15) is 0 Å². The maximum Gasteiger partial charge on any atom is 0.263 e. The number of hydrogen-bond donors (Lipinski definition) is 2. The number of rotatable bonds is 5. The van der Waals surface area contributed by atoms with Crippen LogP contribution in [0.15, 0.2) is 47.2 Å². The zero-order chi connectivity index (χ0) is 17.8. The molecule has 0 atom stereocenters. The van der Waals surface area contributed by atoms with Crippen molar-refractivity contribution in [2.75, 3.05) is 10.6 Å². The van der Waals surface area contributed by atoms with Crippen LogP contribution >= 0.6 is 23.2 Å². The van der Waals surface area contributed by atoms with Crippen LogP contribution in [-0.4, -0.2) is 16.0 Å². The van der Waals surface area contributed by atoms with Gasteiger partial charge in [0.05, 0.1) is 15.7 Å². The van der Waals surface area contributed by atoms with Crippen molar-refractivity contribution >= 4 is 40.7 Å². The van der Waals surface area contributed by atoms with Crippen LogP contribution in [-0.2, 0) is 6.54 Å². The monoisotopic (exact) mass is 376 g/mol. The third kappa shape index (κ3) is 4.10. The van der Waals surface area contributed by atoms with Gasteiger partial charge in [0.15, 0.2) is 0 Å². The summed E-state index contributed by atoms with van der Waals surface area (Å²) < 4.78 is 5.23. The van der Waals surface area contributed by atoms with E-state index in [4.69, 9.17) is 27.7 Å². The van der Waals surface area contributed by atoms with E-state index in [1.165, 1.54) is 0 Å². The van der Waals surface area contributed by atoms with Crippen LogP contribution in [0.3, 0.4) is 0 Å².